The summed E-state index contributed by atoms with van der Waals surface area (Å²) in [5.74, 6) is 1.69. The lowest BCUT2D eigenvalue weighted by atomic mass is 10.1. The number of H-pyrrole nitrogens is 1. The highest BCUT2D eigenvalue weighted by atomic mass is 32.2. The highest BCUT2D eigenvalue weighted by Crippen LogP contribution is 2.40. The third-order valence-corrected chi connectivity index (χ3v) is 5.77. The van der Waals surface area contributed by atoms with Gasteiger partial charge in [-0.3, -0.25) is 9.89 Å². The van der Waals surface area contributed by atoms with E-state index < -0.39 is 0 Å². The van der Waals surface area contributed by atoms with Crippen molar-refractivity contribution in [2.75, 3.05) is 13.1 Å². The van der Waals surface area contributed by atoms with Gasteiger partial charge in [-0.1, -0.05) is 42.1 Å². The second-order valence-electron chi connectivity index (χ2n) is 6.57. The van der Waals surface area contributed by atoms with Gasteiger partial charge in [-0.2, -0.15) is 0 Å². The summed E-state index contributed by atoms with van der Waals surface area (Å²) in [4.78, 5) is 19.7. The van der Waals surface area contributed by atoms with E-state index in [1.54, 1.807) is 0 Å². The van der Waals surface area contributed by atoms with Crippen molar-refractivity contribution in [2.45, 2.75) is 48.4 Å². The number of nitrogens with one attached hydrogen (secondary N) is 1. The SMILES string of the molecule is O=C(C(Sc1n[nH]c(C2CC2)n1)c1ccccc1)N1CCCCC1. The molecule has 5 nitrogen and oxygen atoms in total. The fourth-order valence-corrected chi connectivity index (χ4v) is 4.13. The van der Waals surface area contributed by atoms with Crippen LogP contribution in [0.2, 0.25) is 0 Å². The van der Waals surface area contributed by atoms with Crippen LogP contribution < -0.4 is 0 Å². The van der Waals surface area contributed by atoms with Gasteiger partial charge in [-0.15, -0.1) is 5.10 Å². The predicted molar refractivity (Wildman–Crippen MR) is 93.8 cm³/mol. The maximum atomic E-state index is 13.1. The number of carbonyl (C=O) groups is 1. The van der Waals surface area contributed by atoms with Crippen LogP contribution in [-0.2, 0) is 4.79 Å². The minimum absolute atomic E-state index is 0.184. The van der Waals surface area contributed by atoms with Crippen molar-refractivity contribution in [1.82, 2.24) is 20.1 Å². The van der Waals surface area contributed by atoms with E-state index in [0.29, 0.717) is 11.1 Å². The van der Waals surface area contributed by atoms with Crippen LogP contribution in [0.1, 0.15) is 54.7 Å². The molecule has 2 heterocycles. The maximum absolute atomic E-state index is 13.1. The third-order valence-electron chi connectivity index (χ3n) is 4.66. The van der Waals surface area contributed by atoms with Crippen LogP contribution in [0.4, 0.5) is 0 Å². The summed E-state index contributed by atoms with van der Waals surface area (Å²) in [5.41, 5.74) is 1.02. The van der Waals surface area contributed by atoms with Crippen molar-refractivity contribution in [1.29, 1.82) is 0 Å². The lowest BCUT2D eigenvalue weighted by Gasteiger charge is -2.30. The summed E-state index contributed by atoms with van der Waals surface area (Å²) in [6.07, 6.45) is 5.80. The molecule has 0 bridgehead atoms. The molecule has 1 amide bonds. The highest BCUT2D eigenvalue weighted by molar-refractivity contribution is 8.00. The molecule has 126 valence electrons. The van der Waals surface area contributed by atoms with Gasteiger partial charge in [0.2, 0.25) is 11.1 Å². The number of amides is 1. The van der Waals surface area contributed by atoms with Gasteiger partial charge in [0, 0.05) is 19.0 Å². The summed E-state index contributed by atoms with van der Waals surface area (Å²) >= 11 is 1.46. The van der Waals surface area contributed by atoms with Crippen LogP contribution in [0, 0.1) is 0 Å². The van der Waals surface area contributed by atoms with E-state index in [9.17, 15) is 4.79 Å². The van der Waals surface area contributed by atoms with Crippen LogP contribution in [0.25, 0.3) is 0 Å². The molecule has 1 aliphatic carbocycles. The number of likely N-dealkylation sites (tertiary alicyclic amines) is 1. The molecule has 1 saturated carbocycles. The molecule has 1 N–H and O–H groups in total. The lowest BCUT2D eigenvalue weighted by Crippen LogP contribution is -2.38. The van der Waals surface area contributed by atoms with E-state index in [1.165, 1.54) is 31.0 Å². The van der Waals surface area contributed by atoms with E-state index in [-0.39, 0.29) is 11.2 Å². The van der Waals surface area contributed by atoms with Crippen molar-refractivity contribution in [3.63, 3.8) is 0 Å². The number of piperidine rings is 1. The number of carbonyl (C=O) groups excluding carboxylic acids is 1. The predicted octanol–water partition coefficient (Wildman–Crippen LogP) is 3.53. The second kappa shape index (κ2) is 6.97. The number of hydrogen-bond acceptors (Lipinski definition) is 4. The minimum atomic E-state index is -0.271. The number of rotatable bonds is 5. The summed E-state index contributed by atoms with van der Waals surface area (Å²) in [6.45, 7) is 1.73. The maximum Gasteiger partial charge on any atom is 0.240 e. The molecule has 1 aliphatic heterocycles. The molecular formula is C18H22N4OS. The molecular weight excluding hydrogens is 320 g/mol. The summed E-state index contributed by atoms with van der Waals surface area (Å²) in [6, 6.07) is 10.00. The van der Waals surface area contributed by atoms with Crippen LogP contribution >= 0.6 is 11.8 Å². The monoisotopic (exact) mass is 342 g/mol. The van der Waals surface area contributed by atoms with Gasteiger partial charge in [0.15, 0.2) is 0 Å². The van der Waals surface area contributed by atoms with Gasteiger partial charge in [0.25, 0.3) is 0 Å². The quantitative estimate of drug-likeness (QED) is 0.845. The molecule has 1 aromatic heterocycles. The van der Waals surface area contributed by atoms with Crippen molar-refractivity contribution in [3.8, 4) is 0 Å². The van der Waals surface area contributed by atoms with Crippen LogP contribution in [0.15, 0.2) is 35.5 Å². The van der Waals surface area contributed by atoms with E-state index in [0.717, 1.165) is 37.3 Å². The summed E-state index contributed by atoms with van der Waals surface area (Å²) < 4.78 is 0. The second-order valence-corrected chi connectivity index (χ2v) is 7.64. The van der Waals surface area contributed by atoms with Gasteiger partial charge in [0.05, 0.1) is 0 Å². The van der Waals surface area contributed by atoms with Crippen molar-refractivity contribution in [2.24, 2.45) is 0 Å². The van der Waals surface area contributed by atoms with Gasteiger partial charge in [-0.25, -0.2) is 4.98 Å². The average Bonchev–Trinajstić information content (AvgIpc) is 3.39. The molecule has 6 heteroatoms. The van der Waals surface area contributed by atoms with Gasteiger partial charge >= 0.3 is 0 Å². The van der Waals surface area contributed by atoms with Gasteiger partial charge in [-0.05, 0) is 37.7 Å². The first kappa shape index (κ1) is 15.7. The molecule has 2 aromatic rings. The standard InChI is InChI=1S/C18H22N4OS/c23-17(22-11-5-2-6-12-22)15(13-7-3-1-4-8-13)24-18-19-16(20-21-18)14-9-10-14/h1,3-4,7-8,14-15H,2,5-6,9-12H2,(H,19,20,21). The molecule has 1 saturated heterocycles. The normalized spacial score (nSPS) is 19.2. The first-order valence-electron chi connectivity index (χ1n) is 8.74. The molecule has 1 aromatic carbocycles. The number of aromatic amines is 1. The molecule has 4 rings (SSSR count). The Kier molecular flexibility index (Phi) is 4.56. The average molecular weight is 342 g/mol. The van der Waals surface area contributed by atoms with Gasteiger partial charge < -0.3 is 4.90 Å². The Balaban J connectivity index is 1.56. The van der Waals surface area contributed by atoms with Crippen molar-refractivity contribution < 1.29 is 4.79 Å². The first-order valence-corrected chi connectivity index (χ1v) is 9.62. The molecule has 1 unspecified atom stereocenters. The Morgan fingerprint density at radius 1 is 1.17 bits per heavy atom. The zero-order chi connectivity index (χ0) is 16.4. The largest absolute Gasteiger partial charge is 0.341 e. The van der Waals surface area contributed by atoms with Crippen LogP contribution in [0.5, 0.6) is 0 Å². The smallest absolute Gasteiger partial charge is 0.240 e. The lowest BCUT2D eigenvalue weighted by molar-refractivity contribution is -0.131. The Morgan fingerprint density at radius 3 is 2.62 bits per heavy atom. The molecule has 2 aliphatic rings. The Bertz CT molecular complexity index is 692. The molecule has 2 fully saturated rings. The fraction of sp³-hybridized carbons (Fsp3) is 0.500. The summed E-state index contributed by atoms with van der Waals surface area (Å²) in [5, 5.41) is 7.77. The third kappa shape index (κ3) is 3.48. The van der Waals surface area contributed by atoms with E-state index in [4.69, 9.17) is 0 Å². The van der Waals surface area contributed by atoms with E-state index >= 15 is 0 Å². The topological polar surface area (TPSA) is 61.9 Å². The first-order chi connectivity index (χ1) is 11.8. The minimum Gasteiger partial charge on any atom is -0.341 e. The molecule has 1 atom stereocenters. The Hall–Kier alpha value is -1.82. The Morgan fingerprint density at radius 2 is 1.92 bits per heavy atom. The van der Waals surface area contributed by atoms with Crippen LogP contribution in [0.3, 0.4) is 0 Å². The Labute approximate surface area is 146 Å². The van der Waals surface area contributed by atoms with E-state index in [1.807, 2.05) is 35.2 Å². The van der Waals surface area contributed by atoms with Crippen LogP contribution in [-0.4, -0.2) is 39.1 Å². The zero-order valence-corrected chi connectivity index (χ0v) is 14.5. The number of hydrogen-bond donors (Lipinski definition) is 1. The highest BCUT2D eigenvalue weighted by Gasteiger charge is 2.31. The van der Waals surface area contributed by atoms with Crippen molar-refractivity contribution in [3.05, 3.63) is 41.7 Å². The number of aromatic nitrogens is 3. The number of benzene rings is 1. The molecule has 0 spiro atoms. The molecule has 0 radical (unpaired) electrons. The molecule has 24 heavy (non-hydrogen) atoms. The van der Waals surface area contributed by atoms with E-state index in [2.05, 4.69) is 15.2 Å². The number of thioether (sulfide) groups is 1. The zero-order valence-electron chi connectivity index (χ0n) is 13.6. The van der Waals surface area contributed by atoms with Gasteiger partial charge in [0.1, 0.15) is 11.1 Å². The number of nitrogens with zero attached hydrogens (tertiary/aromatic N) is 3. The van der Waals surface area contributed by atoms with Crippen molar-refractivity contribution >= 4 is 17.7 Å². The fourth-order valence-electron chi connectivity index (χ4n) is 3.12. The summed E-state index contributed by atoms with van der Waals surface area (Å²) in [7, 11) is 0.